The van der Waals surface area contributed by atoms with E-state index in [0.29, 0.717) is 22.2 Å². The quantitative estimate of drug-likeness (QED) is 0.282. The van der Waals surface area contributed by atoms with Crippen LogP contribution < -0.4 is 0 Å². The van der Waals surface area contributed by atoms with Crippen LogP contribution in [0.25, 0.3) is 11.1 Å². The Hall–Kier alpha value is -2.33. The molecule has 3 aromatic rings. The number of hydrogen-bond donors (Lipinski definition) is 0. The molecular weight excluding hydrogens is 465 g/mol. The van der Waals surface area contributed by atoms with Crippen molar-refractivity contribution in [1.29, 1.82) is 0 Å². The third-order valence-corrected chi connectivity index (χ3v) is 7.08. The molecule has 4 rings (SSSR count). The van der Waals surface area contributed by atoms with Gasteiger partial charge in [-0.25, -0.2) is 4.79 Å². The van der Waals surface area contributed by atoms with Crippen LogP contribution in [0.5, 0.6) is 0 Å². The van der Waals surface area contributed by atoms with Gasteiger partial charge in [0.15, 0.2) is 0 Å². The number of likely N-dealkylation sites (tertiary alicyclic amines) is 1. The molecular formula is C29H31Cl2NO2. The van der Waals surface area contributed by atoms with Gasteiger partial charge in [-0.1, -0.05) is 84.2 Å². The van der Waals surface area contributed by atoms with Crippen LogP contribution >= 0.6 is 23.2 Å². The molecule has 0 spiro atoms. The molecule has 3 aromatic carbocycles. The minimum atomic E-state index is -0.417. The lowest BCUT2D eigenvalue weighted by Crippen LogP contribution is -2.30. The van der Waals surface area contributed by atoms with Crippen LogP contribution in [0.4, 0.5) is 0 Å². The lowest BCUT2D eigenvalue weighted by molar-refractivity contribution is 0.0473. The first-order valence-electron chi connectivity index (χ1n) is 12.1. The van der Waals surface area contributed by atoms with Crippen molar-refractivity contribution in [2.75, 3.05) is 26.2 Å². The molecule has 1 aliphatic rings. The fourth-order valence-corrected chi connectivity index (χ4v) is 5.20. The maximum Gasteiger partial charge on any atom is 0.339 e. The summed E-state index contributed by atoms with van der Waals surface area (Å²) in [6.45, 7) is 3.77. The van der Waals surface area contributed by atoms with Gasteiger partial charge in [0.1, 0.15) is 0 Å². The summed E-state index contributed by atoms with van der Waals surface area (Å²) in [6.07, 6.45) is 5.93. The number of rotatable bonds is 9. The Morgan fingerprint density at radius 1 is 0.912 bits per heavy atom. The van der Waals surface area contributed by atoms with Gasteiger partial charge >= 0.3 is 5.97 Å². The van der Waals surface area contributed by atoms with E-state index < -0.39 is 5.97 Å². The smallest absolute Gasteiger partial charge is 0.339 e. The third-order valence-electron chi connectivity index (χ3n) is 6.53. The Labute approximate surface area is 212 Å². The van der Waals surface area contributed by atoms with Gasteiger partial charge in [0.2, 0.25) is 0 Å². The van der Waals surface area contributed by atoms with Crippen molar-refractivity contribution in [3.8, 4) is 11.1 Å². The molecule has 178 valence electrons. The molecule has 34 heavy (non-hydrogen) atoms. The number of nitrogens with zero attached hydrogens (tertiary/aromatic N) is 1. The molecule has 1 unspecified atom stereocenters. The molecule has 0 N–H and O–H groups in total. The number of ether oxygens (including phenoxy) is 1. The Kier molecular flexibility index (Phi) is 9.04. The number of carbonyl (C=O) groups is 1. The zero-order chi connectivity index (χ0) is 23.8. The molecule has 1 heterocycles. The SMILES string of the molecule is O=C(OCC(CCCN1CCCCC1)c1ccccc1-c1ccccc1)c1ccc(Cl)cc1Cl. The average Bonchev–Trinajstić information content (AvgIpc) is 2.87. The van der Waals surface area contributed by atoms with E-state index >= 15 is 0 Å². The van der Waals surface area contributed by atoms with Crippen molar-refractivity contribution < 1.29 is 9.53 Å². The molecule has 0 bridgehead atoms. The number of benzene rings is 3. The molecule has 0 aromatic heterocycles. The second-order valence-corrected chi connectivity index (χ2v) is 9.76. The summed E-state index contributed by atoms with van der Waals surface area (Å²) in [6, 6.07) is 23.7. The summed E-state index contributed by atoms with van der Waals surface area (Å²) in [5.41, 5.74) is 3.91. The highest BCUT2D eigenvalue weighted by atomic mass is 35.5. The van der Waals surface area contributed by atoms with Crippen molar-refractivity contribution in [3.05, 3.63) is 94.0 Å². The van der Waals surface area contributed by atoms with Gasteiger partial charge in [-0.2, -0.15) is 0 Å². The summed E-state index contributed by atoms with van der Waals surface area (Å²) < 4.78 is 5.82. The molecule has 0 aliphatic carbocycles. The molecule has 0 saturated carbocycles. The summed E-state index contributed by atoms with van der Waals surface area (Å²) in [4.78, 5) is 15.4. The van der Waals surface area contributed by atoms with Crippen LogP contribution in [0, 0.1) is 0 Å². The largest absolute Gasteiger partial charge is 0.461 e. The predicted octanol–water partition coefficient (Wildman–Crippen LogP) is 7.87. The second-order valence-electron chi connectivity index (χ2n) is 8.92. The lowest BCUT2D eigenvalue weighted by atomic mass is 9.88. The number of halogens is 2. The Morgan fingerprint density at radius 2 is 1.65 bits per heavy atom. The maximum atomic E-state index is 12.8. The molecule has 1 saturated heterocycles. The number of hydrogen-bond acceptors (Lipinski definition) is 3. The number of piperidine rings is 1. The van der Waals surface area contributed by atoms with Crippen molar-refractivity contribution in [2.45, 2.75) is 38.0 Å². The second kappa shape index (κ2) is 12.4. The third kappa shape index (κ3) is 6.63. The van der Waals surface area contributed by atoms with E-state index in [0.717, 1.165) is 19.4 Å². The van der Waals surface area contributed by atoms with E-state index in [-0.39, 0.29) is 5.92 Å². The fraction of sp³-hybridized carbons (Fsp3) is 0.345. The van der Waals surface area contributed by atoms with Crippen LogP contribution in [0.1, 0.15) is 53.9 Å². The molecule has 1 fully saturated rings. The fourth-order valence-electron chi connectivity index (χ4n) is 4.72. The van der Waals surface area contributed by atoms with E-state index in [4.69, 9.17) is 27.9 Å². The van der Waals surface area contributed by atoms with Crippen LogP contribution in [-0.2, 0) is 4.74 Å². The number of carbonyl (C=O) groups excluding carboxylic acids is 1. The first-order valence-corrected chi connectivity index (χ1v) is 12.9. The summed E-state index contributed by atoms with van der Waals surface area (Å²) in [7, 11) is 0. The van der Waals surface area contributed by atoms with E-state index in [2.05, 4.69) is 53.4 Å². The van der Waals surface area contributed by atoms with Gasteiger partial charge in [-0.05, 0) is 80.2 Å². The predicted molar refractivity (Wildman–Crippen MR) is 141 cm³/mol. The summed E-state index contributed by atoms with van der Waals surface area (Å²) >= 11 is 12.2. The minimum absolute atomic E-state index is 0.0937. The minimum Gasteiger partial charge on any atom is -0.461 e. The summed E-state index contributed by atoms with van der Waals surface area (Å²) in [5.74, 6) is -0.323. The Morgan fingerprint density at radius 3 is 2.41 bits per heavy atom. The standard InChI is InChI=1S/C29H31Cl2NO2/c30-24-15-16-27(28(31)20-24)29(33)34-21-23(12-9-19-32-17-7-2-8-18-32)26-14-6-5-13-25(26)22-10-3-1-4-11-22/h1,3-6,10-11,13-16,20,23H,2,7-9,12,17-19,21H2. The Bertz CT molecular complexity index is 1080. The normalized spacial score (nSPS) is 15.1. The summed E-state index contributed by atoms with van der Waals surface area (Å²) in [5, 5.41) is 0.803. The number of esters is 1. The lowest BCUT2D eigenvalue weighted by Gasteiger charge is -2.27. The van der Waals surface area contributed by atoms with Gasteiger partial charge in [0.05, 0.1) is 17.2 Å². The van der Waals surface area contributed by atoms with Crippen molar-refractivity contribution in [1.82, 2.24) is 4.90 Å². The highest BCUT2D eigenvalue weighted by Gasteiger charge is 2.21. The van der Waals surface area contributed by atoms with Crippen molar-refractivity contribution >= 4 is 29.2 Å². The monoisotopic (exact) mass is 495 g/mol. The first-order chi connectivity index (χ1) is 16.6. The van der Waals surface area contributed by atoms with E-state index in [1.165, 1.54) is 49.0 Å². The highest BCUT2D eigenvalue weighted by Crippen LogP contribution is 2.33. The molecule has 0 amide bonds. The van der Waals surface area contributed by atoms with Crippen LogP contribution in [-0.4, -0.2) is 37.1 Å². The highest BCUT2D eigenvalue weighted by molar-refractivity contribution is 6.36. The molecule has 0 radical (unpaired) electrons. The molecule has 1 aliphatic heterocycles. The van der Waals surface area contributed by atoms with E-state index in [1.807, 2.05) is 6.07 Å². The Balaban J connectivity index is 1.51. The van der Waals surface area contributed by atoms with Crippen LogP contribution in [0.15, 0.2) is 72.8 Å². The first kappa shape index (κ1) is 24.8. The maximum absolute atomic E-state index is 12.8. The molecule has 5 heteroatoms. The van der Waals surface area contributed by atoms with Gasteiger partial charge in [0, 0.05) is 10.9 Å². The van der Waals surface area contributed by atoms with Gasteiger partial charge in [0.25, 0.3) is 0 Å². The molecule has 3 nitrogen and oxygen atoms in total. The molecule has 1 atom stereocenters. The van der Waals surface area contributed by atoms with Gasteiger partial charge in [-0.15, -0.1) is 0 Å². The zero-order valence-corrected chi connectivity index (χ0v) is 20.9. The van der Waals surface area contributed by atoms with Crippen molar-refractivity contribution in [2.24, 2.45) is 0 Å². The van der Waals surface area contributed by atoms with Crippen LogP contribution in [0.3, 0.4) is 0 Å². The topological polar surface area (TPSA) is 29.5 Å². The van der Waals surface area contributed by atoms with E-state index in [9.17, 15) is 4.79 Å². The van der Waals surface area contributed by atoms with Crippen LogP contribution in [0.2, 0.25) is 10.0 Å². The zero-order valence-electron chi connectivity index (χ0n) is 19.4. The van der Waals surface area contributed by atoms with Gasteiger partial charge < -0.3 is 9.64 Å². The average molecular weight is 496 g/mol. The van der Waals surface area contributed by atoms with E-state index in [1.54, 1.807) is 18.2 Å². The van der Waals surface area contributed by atoms with Gasteiger partial charge in [-0.3, -0.25) is 0 Å². The van der Waals surface area contributed by atoms with Crippen molar-refractivity contribution in [3.63, 3.8) is 0 Å².